The molecule has 1 rings (SSSR count). The number of alkyl halides is 2. The molecule has 20 heavy (non-hydrogen) atoms. The van der Waals surface area contributed by atoms with Gasteiger partial charge in [-0.3, -0.25) is 0 Å². The first-order valence-electron chi connectivity index (χ1n) is 7.18. The largest absolute Gasteiger partial charge is 0.381 e. The molecule has 1 aromatic carbocycles. The van der Waals surface area contributed by atoms with E-state index in [1.165, 1.54) is 0 Å². The lowest BCUT2D eigenvalue weighted by Crippen LogP contribution is -2.24. The second kappa shape index (κ2) is 8.50. The molecule has 0 spiro atoms. The van der Waals surface area contributed by atoms with Crippen LogP contribution in [0.15, 0.2) is 29.2 Å². The Morgan fingerprint density at radius 1 is 1.00 bits per heavy atom. The fourth-order valence-electron chi connectivity index (χ4n) is 2.36. The fourth-order valence-corrected chi connectivity index (χ4v) is 2.96. The van der Waals surface area contributed by atoms with Gasteiger partial charge in [0.05, 0.1) is 0 Å². The molecule has 4 heteroatoms. The van der Waals surface area contributed by atoms with Gasteiger partial charge in [-0.2, -0.15) is 8.78 Å². The molecule has 0 fully saturated rings. The lowest BCUT2D eigenvalue weighted by molar-refractivity contribution is 0.252. The highest BCUT2D eigenvalue weighted by atomic mass is 32.2. The Labute approximate surface area is 125 Å². The van der Waals surface area contributed by atoms with Crippen molar-refractivity contribution in [1.29, 1.82) is 0 Å². The van der Waals surface area contributed by atoms with Crippen LogP contribution in [0.1, 0.15) is 40.5 Å². The van der Waals surface area contributed by atoms with Gasteiger partial charge in [0.15, 0.2) is 0 Å². The molecule has 1 aromatic rings. The SMILES string of the molecule is CC(C)CC(CC(C)C)Nc1ccccc1SC(F)F. The zero-order chi connectivity index (χ0) is 15.1. The van der Waals surface area contributed by atoms with Crippen LogP contribution in [-0.2, 0) is 0 Å². The van der Waals surface area contributed by atoms with Crippen molar-refractivity contribution >= 4 is 17.4 Å². The highest BCUT2D eigenvalue weighted by Gasteiger charge is 2.16. The minimum atomic E-state index is -2.38. The van der Waals surface area contributed by atoms with Gasteiger partial charge in [0.2, 0.25) is 0 Å². The van der Waals surface area contributed by atoms with Crippen LogP contribution in [-0.4, -0.2) is 11.8 Å². The lowest BCUT2D eigenvalue weighted by atomic mass is 9.95. The predicted molar refractivity (Wildman–Crippen MR) is 84.6 cm³/mol. The summed E-state index contributed by atoms with van der Waals surface area (Å²) >= 11 is 0.609. The monoisotopic (exact) mass is 301 g/mol. The second-order valence-corrected chi connectivity index (χ2v) is 7.01. The molecule has 0 bridgehead atoms. The zero-order valence-electron chi connectivity index (χ0n) is 12.7. The Hall–Kier alpha value is -0.770. The Morgan fingerprint density at radius 3 is 2.05 bits per heavy atom. The molecular formula is C16H25F2NS. The van der Waals surface area contributed by atoms with Crippen LogP contribution in [0.3, 0.4) is 0 Å². The summed E-state index contributed by atoms with van der Waals surface area (Å²) in [5.74, 6) is -1.21. The fraction of sp³-hybridized carbons (Fsp3) is 0.625. The van der Waals surface area contributed by atoms with Gasteiger partial charge in [0.1, 0.15) is 0 Å². The molecule has 0 aliphatic heterocycles. The molecule has 1 nitrogen and oxygen atoms in total. The number of nitrogens with one attached hydrogen (secondary N) is 1. The maximum absolute atomic E-state index is 12.6. The van der Waals surface area contributed by atoms with E-state index in [0.717, 1.165) is 18.5 Å². The number of hydrogen-bond donors (Lipinski definition) is 1. The standard InChI is InChI=1S/C16H25F2NS/c1-11(2)9-13(10-12(3)4)19-14-7-5-6-8-15(14)20-16(17)18/h5-8,11-13,16,19H,9-10H2,1-4H3. The minimum absolute atomic E-state index is 0.328. The summed E-state index contributed by atoms with van der Waals surface area (Å²) in [6.45, 7) is 8.76. The number of halogens is 2. The molecule has 0 radical (unpaired) electrons. The smallest absolute Gasteiger partial charge is 0.288 e. The van der Waals surface area contributed by atoms with Gasteiger partial charge in [0.25, 0.3) is 5.76 Å². The summed E-state index contributed by atoms with van der Waals surface area (Å²) in [7, 11) is 0. The van der Waals surface area contributed by atoms with Crippen LogP contribution < -0.4 is 5.32 Å². The first kappa shape index (κ1) is 17.3. The van der Waals surface area contributed by atoms with Gasteiger partial charge in [0, 0.05) is 16.6 Å². The van der Waals surface area contributed by atoms with Crippen LogP contribution in [0.5, 0.6) is 0 Å². The molecule has 0 saturated carbocycles. The maximum atomic E-state index is 12.6. The van der Waals surface area contributed by atoms with Crippen molar-refractivity contribution in [1.82, 2.24) is 0 Å². The molecule has 0 aromatic heterocycles. The van der Waals surface area contributed by atoms with Crippen molar-refractivity contribution in [3.05, 3.63) is 24.3 Å². The minimum Gasteiger partial charge on any atom is -0.381 e. The van der Waals surface area contributed by atoms with Crippen LogP contribution in [0.4, 0.5) is 14.5 Å². The van der Waals surface area contributed by atoms with Crippen molar-refractivity contribution in [2.24, 2.45) is 11.8 Å². The van der Waals surface area contributed by atoms with Crippen molar-refractivity contribution < 1.29 is 8.78 Å². The van der Waals surface area contributed by atoms with Crippen molar-refractivity contribution in [3.63, 3.8) is 0 Å². The number of benzene rings is 1. The van der Waals surface area contributed by atoms with E-state index in [0.29, 0.717) is 34.5 Å². The molecule has 0 unspecified atom stereocenters. The van der Waals surface area contributed by atoms with Gasteiger partial charge in [-0.1, -0.05) is 51.6 Å². The Kier molecular flexibility index (Phi) is 7.35. The first-order valence-corrected chi connectivity index (χ1v) is 8.06. The van der Waals surface area contributed by atoms with E-state index in [-0.39, 0.29) is 0 Å². The number of thioether (sulfide) groups is 1. The van der Waals surface area contributed by atoms with E-state index in [9.17, 15) is 8.78 Å². The Bertz CT molecular complexity index is 384. The summed E-state index contributed by atoms with van der Waals surface area (Å²) in [6.07, 6.45) is 2.09. The lowest BCUT2D eigenvalue weighted by Gasteiger charge is -2.24. The number of rotatable bonds is 8. The summed E-state index contributed by atoms with van der Waals surface area (Å²) in [5, 5.41) is 3.46. The number of para-hydroxylation sites is 1. The van der Waals surface area contributed by atoms with E-state index in [1.54, 1.807) is 12.1 Å². The third-order valence-corrected chi connectivity index (χ3v) is 3.76. The van der Waals surface area contributed by atoms with Crippen LogP contribution in [0.2, 0.25) is 0 Å². The topological polar surface area (TPSA) is 12.0 Å². The third-order valence-electron chi connectivity index (χ3n) is 2.97. The number of anilines is 1. The Balaban J connectivity index is 2.81. The zero-order valence-corrected chi connectivity index (χ0v) is 13.5. The van der Waals surface area contributed by atoms with E-state index < -0.39 is 5.76 Å². The molecule has 0 aliphatic carbocycles. The summed E-state index contributed by atoms with van der Waals surface area (Å²) in [4.78, 5) is 0.625. The quantitative estimate of drug-likeness (QED) is 0.602. The Morgan fingerprint density at radius 2 is 1.55 bits per heavy atom. The van der Waals surface area contributed by atoms with Crippen molar-refractivity contribution in [2.45, 2.75) is 57.2 Å². The van der Waals surface area contributed by atoms with E-state index >= 15 is 0 Å². The second-order valence-electron chi connectivity index (χ2n) is 5.98. The number of hydrogen-bond acceptors (Lipinski definition) is 2. The van der Waals surface area contributed by atoms with Crippen molar-refractivity contribution in [3.8, 4) is 0 Å². The summed E-state index contributed by atoms with van der Waals surface area (Å²) in [6, 6.07) is 7.66. The van der Waals surface area contributed by atoms with E-state index in [4.69, 9.17) is 0 Å². The van der Waals surface area contributed by atoms with E-state index in [2.05, 4.69) is 33.0 Å². The van der Waals surface area contributed by atoms with Gasteiger partial charge in [-0.05, 0) is 36.8 Å². The maximum Gasteiger partial charge on any atom is 0.288 e. The summed E-state index contributed by atoms with van der Waals surface area (Å²) in [5.41, 5.74) is 0.823. The molecular weight excluding hydrogens is 276 g/mol. The van der Waals surface area contributed by atoms with E-state index in [1.807, 2.05) is 12.1 Å². The van der Waals surface area contributed by atoms with Gasteiger partial charge >= 0.3 is 0 Å². The van der Waals surface area contributed by atoms with Crippen LogP contribution >= 0.6 is 11.8 Å². The predicted octanol–water partition coefficient (Wildman–Crippen LogP) is 5.87. The average molecular weight is 301 g/mol. The van der Waals surface area contributed by atoms with Crippen LogP contribution in [0, 0.1) is 11.8 Å². The van der Waals surface area contributed by atoms with Gasteiger partial charge in [-0.25, -0.2) is 0 Å². The first-order chi connectivity index (χ1) is 9.38. The molecule has 1 N–H and O–H groups in total. The van der Waals surface area contributed by atoms with Crippen molar-refractivity contribution in [2.75, 3.05) is 5.32 Å². The van der Waals surface area contributed by atoms with Gasteiger partial charge < -0.3 is 5.32 Å². The molecule has 0 aliphatic rings. The molecule has 0 amide bonds. The summed E-state index contributed by atoms with van der Waals surface area (Å²) < 4.78 is 25.2. The molecule has 0 atom stereocenters. The normalized spacial score (nSPS) is 11.9. The third kappa shape index (κ3) is 6.60. The van der Waals surface area contributed by atoms with Gasteiger partial charge in [-0.15, -0.1) is 0 Å². The average Bonchev–Trinajstić information content (AvgIpc) is 2.29. The highest BCUT2D eigenvalue weighted by molar-refractivity contribution is 7.99. The molecule has 0 heterocycles. The molecule has 0 saturated heterocycles. The highest BCUT2D eigenvalue weighted by Crippen LogP contribution is 2.33. The molecule has 114 valence electrons. The van der Waals surface area contributed by atoms with Crippen LogP contribution in [0.25, 0.3) is 0 Å².